The summed E-state index contributed by atoms with van der Waals surface area (Å²) in [5.41, 5.74) is 3.37. The topological polar surface area (TPSA) is 65.5 Å². The van der Waals surface area contributed by atoms with Gasteiger partial charge in [-0.15, -0.1) is 0 Å². The molecular weight excluding hydrogens is 412 g/mol. The van der Waals surface area contributed by atoms with Gasteiger partial charge in [-0.05, 0) is 42.9 Å². The third kappa shape index (κ3) is 5.14. The van der Waals surface area contributed by atoms with Crippen LogP contribution in [0.4, 0.5) is 5.95 Å². The van der Waals surface area contributed by atoms with Crippen LogP contribution in [-0.4, -0.2) is 69.9 Å². The van der Waals surface area contributed by atoms with Crippen LogP contribution in [0.3, 0.4) is 0 Å². The first-order valence-corrected chi connectivity index (χ1v) is 12.0. The molecule has 4 heterocycles. The van der Waals surface area contributed by atoms with Crippen molar-refractivity contribution < 1.29 is 4.79 Å². The van der Waals surface area contributed by atoms with Crippen molar-refractivity contribution in [2.45, 2.75) is 32.7 Å². The summed E-state index contributed by atoms with van der Waals surface area (Å²) in [5.74, 6) is 1.34. The van der Waals surface area contributed by atoms with Gasteiger partial charge < -0.3 is 9.80 Å². The largest absolute Gasteiger partial charge is 0.341 e. The quantitative estimate of drug-likeness (QED) is 0.602. The molecule has 0 aliphatic carbocycles. The molecule has 172 valence electrons. The molecule has 0 bridgehead atoms. The Morgan fingerprint density at radius 3 is 2.67 bits per heavy atom. The van der Waals surface area contributed by atoms with Crippen molar-refractivity contribution in [1.29, 1.82) is 0 Å². The van der Waals surface area contributed by atoms with Crippen molar-refractivity contribution in [1.82, 2.24) is 24.8 Å². The molecule has 1 atom stereocenters. The molecule has 2 aromatic heterocycles. The summed E-state index contributed by atoms with van der Waals surface area (Å²) in [4.78, 5) is 33.0. The molecule has 0 radical (unpaired) electrons. The Balaban J connectivity index is 1.34. The number of aromatic nitrogens is 3. The third-order valence-electron chi connectivity index (χ3n) is 6.83. The molecule has 7 nitrogen and oxygen atoms in total. The van der Waals surface area contributed by atoms with E-state index in [1.165, 1.54) is 23.8 Å². The van der Waals surface area contributed by atoms with E-state index in [0.717, 1.165) is 69.4 Å². The van der Waals surface area contributed by atoms with Crippen LogP contribution in [0.2, 0.25) is 0 Å². The standard InChI is InChI=1S/C26H32N6O/c1-20(33)32-15-14-30(19-24-9-11-28-26(29-24)31-12-2-3-13-31)17-21(18-32)16-23-7-4-6-22-8-5-10-27-25(22)23/h4-11,21H,2-3,12-19H2,1H3/t21-/m1/s1. The van der Waals surface area contributed by atoms with Gasteiger partial charge in [0.1, 0.15) is 0 Å². The normalized spacial score (nSPS) is 19.7. The van der Waals surface area contributed by atoms with Gasteiger partial charge in [-0.3, -0.25) is 14.7 Å². The number of amides is 1. The maximum absolute atomic E-state index is 12.3. The zero-order valence-electron chi connectivity index (χ0n) is 19.4. The molecule has 2 aliphatic heterocycles. The van der Waals surface area contributed by atoms with E-state index in [0.29, 0.717) is 5.92 Å². The average Bonchev–Trinajstić information content (AvgIpc) is 3.29. The predicted octanol–water partition coefficient (Wildman–Crippen LogP) is 3.15. The minimum absolute atomic E-state index is 0.149. The number of fused-ring (bicyclic) bond motifs is 1. The van der Waals surface area contributed by atoms with Gasteiger partial charge in [-0.25, -0.2) is 9.97 Å². The lowest BCUT2D eigenvalue weighted by Gasteiger charge is -2.24. The van der Waals surface area contributed by atoms with Gasteiger partial charge in [0.25, 0.3) is 0 Å². The maximum atomic E-state index is 12.3. The molecule has 3 aromatic rings. The summed E-state index contributed by atoms with van der Waals surface area (Å²) in [6.07, 6.45) is 7.07. The van der Waals surface area contributed by atoms with Gasteiger partial charge in [-0.1, -0.05) is 24.3 Å². The first-order chi connectivity index (χ1) is 16.2. The van der Waals surface area contributed by atoms with Crippen LogP contribution in [0.5, 0.6) is 0 Å². The second kappa shape index (κ2) is 9.83. The van der Waals surface area contributed by atoms with Crippen LogP contribution in [-0.2, 0) is 17.8 Å². The molecule has 2 fully saturated rings. The molecule has 5 rings (SSSR count). The average molecular weight is 445 g/mol. The van der Waals surface area contributed by atoms with Gasteiger partial charge in [0, 0.05) is 70.5 Å². The fraction of sp³-hybridized carbons (Fsp3) is 0.462. The van der Waals surface area contributed by atoms with Crippen molar-refractivity contribution >= 4 is 22.8 Å². The Hall–Kier alpha value is -3.06. The van der Waals surface area contributed by atoms with Crippen LogP contribution in [0.1, 0.15) is 31.0 Å². The van der Waals surface area contributed by atoms with Crippen molar-refractivity contribution in [3.8, 4) is 0 Å². The highest BCUT2D eigenvalue weighted by Gasteiger charge is 2.26. The molecule has 1 aromatic carbocycles. The highest BCUT2D eigenvalue weighted by Crippen LogP contribution is 2.23. The van der Waals surface area contributed by atoms with E-state index in [2.05, 4.69) is 44.0 Å². The first kappa shape index (κ1) is 21.8. The molecule has 7 heteroatoms. The number of benzene rings is 1. The Morgan fingerprint density at radius 2 is 1.82 bits per heavy atom. The number of nitrogens with zero attached hydrogens (tertiary/aromatic N) is 6. The van der Waals surface area contributed by atoms with Gasteiger partial charge in [0.15, 0.2) is 0 Å². The number of anilines is 1. The van der Waals surface area contributed by atoms with Crippen molar-refractivity contribution in [2.24, 2.45) is 5.92 Å². The number of hydrogen-bond acceptors (Lipinski definition) is 6. The summed E-state index contributed by atoms with van der Waals surface area (Å²) in [5, 5.41) is 1.17. The Bertz CT molecular complexity index is 1110. The summed E-state index contributed by atoms with van der Waals surface area (Å²) in [7, 11) is 0. The lowest BCUT2D eigenvalue weighted by molar-refractivity contribution is -0.129. The van der Waals surface area contributed by atoms with Crippen LogP contribution in [0.25, 0.3) is 10.9 Å². The number of hydrogen-bond donors (Lipinski definition) is 0. The number of para-hydroxylation sites is 1. The Kier molecular flexibility index (Phi) is 6.48. The lowest BCUT2D eigenvalue weighted by Crippen LogP contribution is -2.34. The second-order valence-corrected chi connectivity index (χ2v) is 9.30. The van der Waals surface area contributed by atoms with Gasteiger partial charge >= 0.3 is 0 Å². The highest BCUT2D eigenvalue weighted by molar-refractivity contribution is 5.81. The molecule has 1 amide bonds. The van der Waals surface area contributed by atoms with Crippen LogP contribution in [0, 0.1) is 5.92 Å². The lowest BCUT2D eigenvalue weighted by atomic mass is 9.96. The molecular formula is C26H32N6O. The predicted molar refractivity (Wildman–Crippen MR) is 130 cm³/mol. The number of rotatable bonds is 5. The van der Waals surface area contributed by atoms with Crippen LogP contribution < -0.4 is 4.90 Å². The van der Waals surface area contributed by atoms with Crippen molar-refractivity contribution in [3.63, 3.8) is 0 Å². The van der Waals surface area contributed by atoms with Crippen molar-refractivity contribution in [2.75, 3.05) is 44.2 Å². The molecule has 0 unspecified atom stereocenters. The van der Waals surface area contributed by atoms with E-state index >= 15 is 0 Å². The van der Waals surface area contributed by atoms with Crippen LogP contribution >= 0.6 is 0 Å². The van der Waals surface area contributed by atoms with E-state index in [1.807, 2.05) is 29.4 Å². The summed E-state index contributed by atoms with van der Waals surface area (Å²) >= 11 is 0. The minimum atomic E-state index is 0.149. The van der Waals surface area contributed by atoms with Gasteiger partial charge in [0.2, 0.25) is 11.9 Å². The summed E-state index contributed by atoms with van der Waals surface area (Å²) < 4.78 is 0. The summed E-state index contributed by atoms with van der Waals surface area (Å²) in [6.45, 7) is 7.85. The Morgan fingerprint density at radius 1 is 0.970 bits per heavy atom. The van der Waals surface area contributed by atoms with E-state index < -0.39 is 0 Å². The van der Waals surface area contributed by atoms with Crippen molar-refractivity contribution in [3.05, 3.63) is 60.0 Å². The molecule has 0 spiro atoms. The van der Waals surface area contributed by atoms with E-state index in [9.17, 15) is 4.79 Å². The molecule has 2 aliphatic rings. The number of carbonyl (C=O) groups excluding carboxylic acids is 1. The molecule has 33 heavy (non-hydrogen) atoms. The monoisotopic (exact) mass is 444 g/mol. The highest BCUT2D eigenvalue weighted by atomic mass is 16.2. The fourth-order valence-corrected chi connectivity index (χ4v) is 5.15. The van der Waals surface area contributed by atoms with Gasteiger partial charge in [0.05, 0.1) is 11.2 Å². The third-order valence-corrected chi connectivity index (χ3v) is 6.83. The fourth-order valence-electron chi connectivity index (χ4n) is 5.15. The second-order valence-electron chi connectivity index (χ2n) is 9.30. The number of carbonyl (C=O) groups is 1. The van der Waals surface area contributed by atoms with E-state index in [4.69, 9.17) is 4.98 Å². The Labute approximate surface area is 195 Å². The smallest absolute Gasteiger partial charge is 0.225 e. The van der Waals surface area contributed by atoms with E-state index in [-0.39, 0.29) is 5.91 Å². The maximum Gasteiger partial charge on any atom is 0.225 e. The zero-order valence-corrected chi connectivity index (χ0v) is 19.4. The molecule has 0 N–H and O–H groups in total. The zero-order chi connectivity index (χ0) is 22.6. The van der Waals surface area contributed by atoms with Crippen LogP contribution in [0.15, 0.2) is 48.8 Å². The molecule has 2 saturated heterocycles. The summed E-state index contributed by atoms with van der Waals surface area (Å²) in [6, 6.07) is 12.5. The minimum Gasteiger partial charge on any atom is -0.341 e. The van der Waals surface area contributed by atoms with E-state index in [1.54, 1.807) is 6.92 Å². The SMILES string of the molecule is CC(=O)N1CCN(Cc2ccnc(N3CCCC3)n2)C[C@@H](Cc2cccc3cccnc23)C1. The first-order valence-electron chi connectivity index (χ1n) is 12.0. The van der Waals surface area contributed by atoms with Gasteiger partial charge in [-0.2, -0.15) is 0 Å². The molecule has 0 saturated carbocycles. The number of pyridine rings is 1.